The first-order chi connectivity index (χ1) is 10.4. The van der Waals surface area contributed by atoms with E-state index in [1.807, 2.05) is 37.3 Å². The Morgan fingerprint density at radius 1 is 0.636 bits per heavy atom. The Morgan fingerprint density at radius 2 is 1.09 bits per heavy atom. The Bertz CT molecular complexity index is 588. The van der Waals surface area contributed by atoms with Crippen LogP contribution in [0.3, 0.4) is 0 Å². The quantitative estimate of drug-likeness (QED) is 0.457. The van der Waals surface area contributed by atoms with Gasteiger partial charge in [0.05, 0.1) is 0 Å². The van der Waals surface area contributed by atoms with E-state index < -0.39 is 0 Å². The van der Waals surface area contributed by atoms with Gasteiger partial charge in [0, 0.05) is 9.75 Å². The van der Waals surface area contributed by atoms with Crippen LogP contribution in [0.25, 0.3) is 0 Å². The van der Waals surface area contributed by atoms with E-state index in [1.54, 1.807) is 0 Å². The first-order valence-corrected chi connectivity index (χ1v) is 8.28. The largest absolute Gasteiger partial charge is 0.467 e. The molecule has 0 saturated carbocycles. The SMILES string of the molecule is Cc1ccc(C)o1.Cc1ccc(C)s1.Cc1cccc(C)c1. The number of rotatable bonds is 0. The molecule has 118 valence electrons. The van der Waals surface area contributed by atoms with E-state index in [0.29, 0.717) is 0 Å². The van der Waals surface area contributed by atoms with Gasteiger partial charge in [-0.3, -0.25) is 0 Å². The molecule has 1 nitrogen and oxygen atoms in total. The molecule has 0 aliphatic heterocycles. The third-order valence-electron chi connectivity index (χ3n) is 2.92. The van der Waals surface area contributed by atoms with E-state index in [-0.39, 0.29) is 0 Å². The second-order valence-corrected chi connectivity index (χ2v) is 6.96. The van der Waals surface area contributed by atoms with Crippen LogP contribution in [-0.4, -0.2) is 0 Å². The normalized spacial score (nSPS) is 9.36. The molecule has 0 N–H and O–H groups in total. The molecule has 0 saturated heterocycles. The molecule has 2 heteroatoms. The molecule has 3 rings (SSSR count). The van der Waals surface area contributed by atoms with Crippen LogP contribution >= 0.6 is 11.3 Å². The van der Waals surface area contributed by atoms with Gasteiger partial charge in [-0.2, -0.15) is 0 Å². The van der Waals surface area contributed by atoms with Gasteiger partial charge in [0.15, 0.2) is 0 Å². The minimum Gasteiger partial charge on any atom is -0.467 e. The highest BCUT2D eigenvalue weighted by molar-refractivity contribution is 7.11. The summed E-state index contributed by atoms with van der Waals surface area (Å²) in [5.41, 5.74) is 2.68. The molecule has 0 aliphatic rings. The molecule has 0 unspecified atom stereocenters. The number of aryl methyl sites for hydroxylation is 6. The predicted molar refractivity (Wildman–Crippen MR) is 97.9 cm³/mol. The van der Waals surface area contributed by atoms with Gasteiger partial charge in [-0.15, -0.1) is 11.3 Å². The van der Waals surface area contributed by atoms with Crippen molar-refractivity contribution in [1.29, 1.82) is 0 Å². The lowest BCUT2D eigenvalue weighted by Crippen LogP contribution is -1.71. The molecule has 0 bridgehead atoms. The molecule has 3 aromatic rings. The van der Waals surface area contributed by atoms with Crippen molar-refractivity contribution < 1.29 is 4.42 Å². The number of hydrogen-bond donors (Lipinski definition) is 0. The zero-order valence-corrected chi connectivity index (χ0v) is 15.3. The van der Waals surface area contributed by atoms with E-state index in [0.717, 1.165) is 11.5 Å². The van der Waals surface area contributed by atoms with Crippen LogP contribution in [0.4, 0.5) is 0 Å². The zero-order chi connectivity index (χ0) is 16.5. The summed E-state index contributed by atoms with van der Waals surface area (Å²) < 4.78 is 5.08. The summed E-state index contributed by atoms with van der Waals surface area (Å²) in [6.45, 7) is 12.3. The molecule has 0 radical (unpaired) electrons. The van der Waals surface area contributed by atoms with Crippen molar-refractivity contribution in [1.82, 2.24) is 0 Å². The van der Waals surface area contributed by atoms with Crippen molar-refractivity contribution in [3.63, 3.8) is 0 Å². The highest BCUT2D eigenvalue weighted by Gasteiger charge is 1.86. The molecule has 0 fully saturated rings. The van der Waals surface area contributed by atoms with E-state index >= 15 is 0 Å². The lowest BCUT2D eigenvalue weighted by Gasteiger charge is -1.90. The lowest BCUT2D eigenvalue weighted by molar-refractivity contribution is 0.504. The fraction of sp³-hybridized carbons (Fsp3) is 0.300. The Hall–Kier alpha value is -1.80. The summed E-state index contributed by atoms with van der Waals surface area (Å²) in [7, 11) is 0. The van der Waals surface area contributed by atoms with Crippen LogP contribution in [0.2, 0.25) is 0 Å². The molecule has 22 heavy (non-hydrogen) atoms. The summed E-state index contributed by atoms with van der Waals surface area (Å²) in [4.78, 5) is 2.80. The minimum absolute atomic E-state index is 0.984. The van der Waals surface area contributed by atoms with Crippen molar-refractivity contribution in [3.8, 4) is 0 Å². The number of thiophene rings is 1. The smallest absolute Gasteiger partial charge is 0.101 e. The molecular formula is C20H26OS. The molecule has 1 aromatic carbocycles. The highest BCUT2D eigenvalue weighted by Crippen LogP contribution is 2.12. The van der Waals surface area contributed by atoms with Gasteiger partial charge in [-0.1, -0.05) is 35.4 Å². The topological polar surface area (TPSA) is 13.1 Å². The first-order valence-electron chi connectivity index (χ1n) is 7.46. The summed E-state index contributed by atoms with van der Waals surface area (Å²) in [6.07, 6.45) is 0. The van der Waals surface area contributed by atoms with Crippen molar-refractivity contribution in [2.24, 2.45) is 0 Å². The molecular weight excluding hydrogens is 288 g/mol. The van der Waals surface area contributed by atoms with Gasteiger partial charge in [0.1, 0.15) is 11.5 Å². The second-order valence-electron chi connectivity index (χ2n) is 5.47. The standard InChI is InChI=1S/C8H10.C6H8O.C6H8S/c1-7-4-3-5-8(2)6-7;2*1-5-3-4-6(2)7-5/h3-6H,1-2H3;2*3-4H,1-2H3. The molecule has 0 atom stereocenters. The molecule has 0 spiro atoms. The van der Waals surface area contributed by atoms with Crippen LogP contribution in [0, 0.1) is 41.5 Å². The van der Waals surface area contributed by atoms with E-state index in [2.05, 4.69) is 64.1 Å². The van der Waals surface area contributed by atoms with E-state index in [1.165, 1.54) is 20.9 Å². The highest BCUT2D eigenvalue weighted by atomic mass is 32.1. The van der Waals surface area contributed by atoms with Crippen LogP contribution in [0.15, 0.2) is 52.9 Å². The maximum atomic E-state index is 5.08. The average molecular weight is 314 g/mol. The maximum Gasteiger partial charge on any atom is 0.101 e. The molecule has 0 amide bonds. The number of hydrogen-bond acceptors (Lipinski definition) is 2. The summed E-state index contributed by atoms with van der Waals surface area (Å²) >= 11 is 1.84. The van der Waals surface area contributed by atoms with Crippen molar-refractivity contribution >= 4 is 11.3 Å². The minimum atomic E-state index is 0.984. The predicted octanol–water partition coefficient (Wildman–Crippen LogP) is 6.56. The Balaban J connectivity index is 0.000000166. The molecule has 2 aromatic heterocycles. The Morgan fingerprint density at radius 3 is 1.27 bits per heavy atom. The monoisotopic (exact) mass is 314 g/mol. The van der Waals surface area contributed by atoms with Gasteiger partial charge in [-0.25, -0.2) is 0 Å². The van der Waals surface area contributed by atoms with Gasteiger partial charge in [0.25, 0.3) is 0 Å². The molecule has 2 heterocycles. The molecule has 0 aliphatic carbocycles. The van der Waals surface area contributed by atoms with Gasteiger partial charge in [-0.05, 0) is 65.8 Å². The summed E-state index contributed by atoms with van der Waals surface area (Å²) in [5.74, 6) is 1.97. The van der Waals surface area contributed by atoms with Gasteiger partial charge >= 0.3 is 0 Å². The van der Waals surface area contributed by atoms with Crippen molar-refractivity contribution in [3.05, 3.63) is 80.9 Å². The van der Waals surface area contributed by atoms with Crippen LogP contribution in [0.5, 0.6) is 0 Å². The maximum absolute atomic E-state index is 5.08. The summed E-state index contributed by atoms with van der Waals surface area (Å²) in [6, 6.07) is 16.6. The Labute approximate surface area is 138 Å². The van der Waals surface area contributed by atoms with Crippen molar-refractivity contribution in [2.75, 3.05) is 0 Å². The van der Waals surface area contributed by atoms with Crippen molar-refractivity contribution in [2.45, 2.75) is 41.5 Å². The lowest BCUT2D eigenvalue weighted by atomic mass is 10.2. The third kappa shape index (κ3) is 7.84. The second kappa shape index (κ2) is 9.26. The third-order valence-corrected chi connectivity index (χ3v) is 3.84. The zero-order valence-electron chi connectivity index (χ0n) is 14.4. The van der Waals surface area contributed by atoms with Gasteiger partial charge in [0.2, 0.25) is 0 Å². The van der Waals surface area contributed by atoms with Gasteiger partial charge < -0.3 is 4.42 Å². The first kappa shape index (κ1) is 18.2. The number of furan rings is 1. The van der Waals surface area contributed by atoms with Crippen LogP contribution in [-0.2, 0) is 0 Å². The average Bonchev–Trinajstić information content (AvgIpc) is 2.99. The fourth-order valence-corrected chi connectivity index (χ4v) is 2.70. The van der Waals surface area contributed by atoms with E-state index in [9.17, 15) is 0 Å². The Kier molecular flexibility index (Phi) is 7.69. The van der Waals surface area contributed by atoms with Crippen LogP contribution in [0.1, 0.15) is 32.4 Å². The fourth-order valence-electron chi connectivity index (χ4n) is 1.92. The summed E-state index contributed by atoms with van der Waals surface area (Å²) in [5, 5.41) is 0. The van der Waals surface area contributed by atoms with E-state index in [4.69, 9.17) is 4.42 Å². The number of benzene rings is 1. The van der Waals surface area contributed by atoms with Crippen LogP contribution < -0.4 is 0 Å².